The molecule has 3 nitrogen and oxygen atoms in total. The number of amides is 1. The van der Waals surface area contributed by atoms with Crippen molar-refractivity contribution in [3.8, 4) is 0 Å². The molecule has 0 bridgehead atoms. The molecule has 1 amide bonds. The van der Waals surface area contributed by atoms with Crippen molar-refractivity contribution in [2.24, 2.45) is 11.7 Å². The highest BCUT2D eigenvalue weighted by Crippen LogP contribution is 2.14. The van der Waals surface area contributed by atoms with E-state index in [1.165, 1.54) is 6.07 Å². The summed E-state index contributed by atoms with van der Waals surface area (Å²) in [6.45, 7) is 2.63. The van der Waals surface area contributed by atoms with Gasteiger partial charge in [-0.3, -0.25) is 4.79 Å². The SMILES string of the molecule is CC(CCN)CCC(=O)Nc1ccc(F)c(F)c1. The van der Waals surface area contributed by atoms with E-state index in [0.717, 1.165) is 25.0 Å². The van der Waals surface area contributed by atoms with Gasteiger partial charge in [0.1, 0.15) is 0 Å². The van der Waals surface area contributed by atoms with Crippen LogP contribution in [0.25, 0.3) is 0 Å². The average Bonchev–Trinajstić information content (AvgIpc) is 2.32. The molecule has 100 valence electrons. The first-order valence-corrected chi connectivity index (χ1v) is 5.98. The Bertz CT molecular complexity index is 410. The number of hydrogen-bond acceptors (Lipinski definition) is 2. The summed E-state index contributed by atoms with van der Waals surface area (Å²) in [6, 6.07) is 3.29. The summed E-state index contributed by atoms with van der Waals surface area (Å²) in [5.41, 5.74) is 5.68. The van der Waals surface area contributed by atoms with Gasteiger partial charge in [0.15, 0.2) is 11.6 Å². The smallest absolute Gasteiger partial charge is 0.224 e. The standard InChI is InChI=1S/C13H18F2N2O/c1-9(6-7-16)2-5-13(18)17-10-3-4-11(14)12(15)8-10/h3-4,8-9H,2,5-7,16H2,1H3,(H,17,18). The molecule has 1 aromatic rings. The number of nitrogens with two attached hydrogens (primary N) is 1. The van der Waals surface area contributed by atoms with E-state index in [1.54, 1.807) is 0 Å². The van der Waals surface area contributed by atoms with Crippen molar-refractivity contribution in [3.05, 3.63) is 29.8 Å². The van der Waals surface area contributed by atoms with Crippen LogP contribution < -0.4 is 11.1 Å². The van der Waals surface area contributed by atoms with E-state index in [9.17, 15) is 13.6 Å². The number of carbonyl (C=O) groups excluding carboxylic acids is 1. The van der Waals surface area contributed by atoms with E-state index in [4.69, 9.17) is 5.73 Å². The lowest BCUT2D eigenvalue weighted by Gasteiger charge is -2.10. The Morgan fingerprint density at radius 2 is 2.06 bits per heavy atom. The molecule has 0 spiro atoms. The van der Waals surface area contributed by atoms with Crippen molar-refractivity contribution in [2.75, 3.05) is 11.9 Å². The summed E-state index contributed by atoms with van der Waals surface area (Å²) >= 11 is 0. The number of nitrogens with one attached hydrogen (secondary N) is 1. The van der Waals surface area contributed by atoms with Gasteiger partial charge in [-0.25, -0.2) is 8.78 Å². The Morgan fingerprint density at radius 1 is 1.33 bits per heavy atom. The normalized spacial score (nSPS) is 12.2. The monoisotopic (exact) mass is 256 g/mol. The van der Waals surface area contributed by atoms with Crippen molar-refractivity contribution in [2.45, 2.75) is 26.2 Å². The first-order valence-electron chi connectivity index (χ1n) is 5.98. The van der Waals surface area contributed by atoms with Crippen molar-refractivity contribution < 1.29 is 13.6 Å². The lowest BCUT2D eigenvalue weighted by Crippen LogP contribution is -2.14. The van der Waals surface area contributed by atoms with Gasteiger partial charge >= 0.3 is 0 Å². The zero-order valence-electron chi connectivity index (χ0n) is 10.4. The summed E-state index contributed by atoms with van der Waals surface area (Å²) in [5, 5.41) is 2.53. The van der Waals surface area contributed by atoms with Crippen LogP contribution in [0.1, 0.15) is 26.2 Å². The molecule has 18 heavy (non-hydrogen) atoms. The zero-order chi connectivity index (χ0) is 13.5. The quantitative estimate of drug-likeness (QED) is 0.822. The fourth-order valence-corrected chi connectivity index (χ4v) is 1.60. The van der Waals surface area contributed by atoms with Gasteiger partial charge in [-0.1, -0.05) is 6.92 Å². The van der Waals surface area contributed by atoms with Crippen LogP contribution in [-0.4, -0.2) is 12.5 Å². The highest BCUT2D eigenvalue weighted by Gasteiger charge is 2.08. The molecule has 0 aliphatic heterocycles. The van der Waals surface area contributed by atoms with E-state index in [2.05, 4.69) is 5.32 Å². The first kappa shape index (κ1) is 14.6. The summed E-state index contributed by atoms with van der Waals surface area (Å²) < 4.78 is 25.6. The van der Waals surface area contributed by atoms with Crippen molar-refractivity contribution >= 4 is 11.6 Å². The second-order valence-electron chi connectivity index (χ2n) is 4.40. The second-order valence-corrected chi connectivity index (χ2v) is 4.40. The third-order valence-corrected chi connectivity index (χ3v) is 2.73. The van der Waals surface area contributed by atoms with Crippen LogP contribution >= 0.6 is 0 Å². The molecule has 0 saturated heterocycles. The third-order valence-electron chi connectivity index (χ3n) is 2.73. The molecule has 5 heteroatoms. The van der Waals surface area contributed by atoms with Crippen molar-refractivity contribution in [1.29, 1.82) is 0 Å². The maximum atomic E-state index is 12.9. The number of rotatable bonds is 6. The second kappa shape index (κ2) is 7.06. The fourth-order valence-electron chi connectivity index (χ4n) is 1.60. The van der Waals surface area contributed by atoms with Gasteiger partial charge in [-0.15, -0.1) is 0 Å². The van der Waals surface area contributed by atoms with Crippen LogP contribution in [0.5, 0.6) is 0 Å². The minimum atomic E-state index is -0.968. The number of carbonyl (C=O) groups is 1. The van der Waals surface area contributed by atoms with Crippen molar-refractivity contribution in [3.63, 3.8) is 0 Å². The van der Waals surface area contributed by atoms with Crippen LogP contribution in [-0.2, 0) is 4.79 Å². The minimum absolute atomic E-state index is 0.204. The summed E-state index contributed by atoms with van der Waals surface area (Å²) in [5.74, 6) is -1.72. The van der Waals surface area contributed by atoms with Crippen molar-refractivity contribution in [1.82, 2.24) is 0 Å². The lowest BCUT2D eigenvalue weighted by atomic mass is 10.0. The molecular formula is C13H18F2N2O. The fraction of sp³-hybridized carbons (Fsp3) is 0.462. The van der Waals surface area contributed by atoms with Gasteiger partial charge in [0, 0.05) is 18.2 Å². The van der Waals surface area contributed by atoms with Crippen LogP contribution in [0, 0.1) is 17.6 Å². The molecule has 1 rings (SSSR count). The molecule has 0 aromatic heterocycles. The van der Waals surface area contributed by atoms with Crippen LogP contribution in [0.15, 0.2) is 18.2 Å². The van der Waals surface area contributed by atoms with E-state index in [0.29, 0.717) is 18.9 Å². The summed E-state index contributed by atoms with van der Waals surface area (Å²) in [4.78, 5) is 11.6. The molecule has 1 aromatic carbocycles. The van der Waals surface area contributed by atoms with E-state index >= 15 is 0 Å². The molecule has 0 saturated carbocycles. The average molecular weight is 256 g/mol. The molecule has 1 unspecified atom stereocenters. The molecule has 0 radical (unpaired) electrons. The number of halogens is 2. The highest BCUT2D eigenvalue weighted by molar-refractivity contribution is 5.90. The molecule has 0 aliphatic rings. The Labute approximate surface area is 105 Å². The van der Waals surface area contributed by atoms with Crippen LogP contribution in [0.3, 0.4) is 0 Å². The Kier molecular flexibility index (Phi) is 5.71. The number of anilines is 1. The Morgan fingerprint density at radius 3 is 2.67 bits per heavy atom. The van der Waals surface area contributed by atoms with E-state index < -0.39 is 11.6 Å². The predicted octanol–water partition coefficient (Wildman–Crippen LogP) is 2.67. The molecule has 0 aliphatic carbocycles. The van der Waals surface area contributed by atoms with Gasteiger partial charge in [0.2, 0.25) is 5.91 Å². The van der Waals surface area contributed by atoms with Crippen LogP contribution in [0.2, 0.25) is 0 Å². The van der Waals surface area contributed by atoms with Gasteiger partial charge in [0.25, 0.3) is 0 Å². The van der Waals surface area contributed by atoms with Gasteiger partial charge in [-0.05, 0) is 37.4 Å². The van der Waals surface area contributed by atoms with E-state index in [-0.39, 0.29) is 11.6 Å². The third kappa shape index (κ3) is 4.79. The van der Waals surface area contributed by atoms with Crippen LogP contribution in [0.4, 0.5) is 14.5 Å². The highest BCUT2D eigenvalue weighted by atomic mass is 19.2. The van der Waals surface area contributed by atoms with E-state index in [1.807, 2.05) is 6.92 Å². The Balaban J connectivity index is 2.42. The summed E-state index contributed by atoms with van der Waals surface area (Å²) in [6.07, 6.45) is 1.95. The summed E-state index contributed by atoms with van der Waals surface area (Å²) in [7, 11) is 0. The Hall–Kier alpha value is -1.49. The van der Waals surface area contributed by atoms with Gasteiger partial charge in [0.05, 0.1) is 0 Å². The number of benzene rings is 1. The molecule has 0 heterocycles. The van der Waals surface area contributed by atoms with Gasteiger partial charge < -0.3 is 11.1 Å². The lowest BCUT2D eigenvalue weighted by molar-refractivity contribution is -0.116. The maximum absolute atomic E-state index is 12.9. The maximum Gasteiger partial charge on any atom is 0.224 e. The number of hydrogen-bond donors (Lipinski definition) is 2. The van der Waals surface area contributed by atoms with Gasteiger partial charge in [-0.2, -0.15) is 0 Å². The molecule has 3 N–H and O–H groups in total. The topological polar surface area (TPSA) is 55.1 Å². The largest absolute Gasteiger partial charge is 0.330 e. The predicted molar refractivity (Wildman–Crippen MR) is 67.1 cm³/mol. The molecule has 1 atom stereocenters. The first-order chi connectivity index (χ1) is 8.52. The zero-order valence-corrected chi connectivity index (χ0v) is 10.4. The molecular weight excluding hydrogens is 238 g/mol. The molecule has 0 fully saturated rings. The minimum Gasteiger partial charge on any atom is -0.330 e.